The Hall–Kier alpha value is -2.96. The second-order valence-electron chi connectivity index (χ2n) is 4.20. The summed E-state index contributed by atoms with van der Waals surface area (Å²) >= 11 is 0. The Morgan fingerprint density at radius 3 is 2.62 bits per heavy atom. The molecule has 108 valence electrons. The summed E-state index contributed by atoms with van der Waals surface area (Å²) in [6.45, 7) is 0.202. The second kappa shape index (κ2) is 6.47. The van der Waals surface area contributed by atoms with Crippen LogP contribution in [0, 0.1) is 10.1 Å². The van der Waals surface area contributed by atoms with Crippen molar-refractivity contribution in [2.45, 2.75) is 6.42 Å². The van der Waals surface area contributed by atoms with Crippen LogP contribution in [-0.4, -0.2) is 27.6 Å². The number of aromatic nitrogens is 1. The van der Waals surface area contributed by atoms with Gasteiger partial charge in [-0.15, -0.1) is 0 Å². The minimum atomic E-state index is -1.16. The molecule has 1 heterocycles. The van der Waals surface area contributed by atoms with Crippen LogP contribution in [0.15, 0.2) is 42.7 Å². The maximum Gasteiger partial charge on any atom is 0.335 e. The number of carboxylic acids is 1. The Labute approximate surface area is 120 Å². The summed E-state index contributed by atoms with van der Waals surface area (Å²) in [5, 5.41) is 19.8. The number of carboxylic acid groups (broad SMARTS) is 1. The number of hydrogen-bond donors (Lipinski definition) is 1. The maximum atomic E-state index is 10.9. The molecule has 7 heteroatoms. The van der Waals surface area contributed by atoms with Crippen molar-refractivity contribution >= 4 is 11.7 Å². The quantitative estimate of drug-likeness (QED) is 0.646. The molecule has 0 atom stereocenters. The van der Waals surface area contributed by atoms with E-state index in [1.54, 1.807) is 12.4 Å². The first-order valence-electron chi connectivity index (χ1n) is 6.11. The van der Waals surface area contributed by atoms with Gasteiger partial charge >= 0.3 is 11.7 Å². The zero-order valence-electron chi connectivity index (χ0n) is 10.9. The lowest BCUT2D eigenvalue weighted by molar-refractivity contribution is -0.385. The number of benzene rings is 1. The highest BCUT2D eigenvalue weighted by molar-refractivity contribution is 5.88. The Morgan fingerprint density at radius 2 is 2.00 bits per heavy atom. The van der Waals surface area contributed by atoms with Crippen LogP contribution in [0.4, 0.5) is 5.69 Å². The Bertz CT molecular complexity index is 658. The van der Waals surface area contributed by atoms with Crippen molar-refractivity contribution in [3.63, 3.8) is 0 Å². The summed E-state index contributed by atoms with van der Waals surface area (Å²) in [5.41, 5.74) is 0.663. The van der Waals surface area contributed by atoms with Gasteiger partial charge in [0.15, 0.2) is 5.75 Å². The fourth-order valence-corrected chi connectivity index (χ4v) is 1.74. The maximum absolute atomic E-state index is 10.9. The number of rotatable bonds is 6. The topological polar surface area (TPSA) is 103 Å². The molecule has 0 unspecified atom stereocenters. The molecule has 2 rings (SSSR count). The molecular weight excluding hydrogens is 276 g/mol. The predicted octanol–water partition coefficient (Wildman–Crippen LogP) is 2.31. The van der Waals surface area contributed by atoms with Crippen LogP contribution in [0.5, 0.6) is 5.75 Å². The van der Waals surface area contributed by atoms with E-state index < -0.39 is 10.9 Å². The van der Waals surface area contributed by atoms with Gasteiger partial charge in [0.2, 0.25) is 0 Å². The van der Waals surface area contributed by atoms with Crippen molar-refractivity contribution in [2.75, 3.05) is 6.61 Å². The molecule has 0 aliphatic rings. The van der Waals surface area contributed by atoms with Crippen LogP contribution in [0.3, 0.4) is 0 Å². The molecule has 7 nitrogen and oxygen atoms in total. The van der Waals surface area contributed by atoms with Crippen molar-refractivity contribution in [1.29, 1.82) is 0 Å². The molecule has 0 amide bonds. The van der Waals surface area contributed by atoms with E-state index in [0.29, 0.717) is 6.42 Å². The van der Waals surface area contributed by atoms with Crippen LogP contribution >= 0.6 is 0 Å². The third-order valence-electron chi connectivity index (χ3n) is 2.80. The lowest BCUT2D eigenvalue weighted by Gasteiger charge is -2.07. The van der Waals surface area contributed by atoms with E-state index in [1.165, 1.54) is 6.07 Å². The van der Waals surface area contributed by atoms with Gasteiger partial charge < -0.3 is 9.84 Å². The van der Waals surface area contributed by atoms with E-state index in [2.05, 4.69) is 4.98 Å². The van der Waals surface area contributed by atoms with Crippen LogP contribution in [-0.2, 0) is 6.42 Å². The number of ether oxygens (including phenoxy) is 1. The van der Waals surface area contributed by atoms with Crippen LogP contribution in [0.25, 0.3) is 0 Å². The molecule has 0 spiro atoms. The summed E-state index contributed by atoms with van der Waals surface area (Å²) in [7, 11) is 0. The summed E-state index contributed by atoms with van der Waals surface area (Å²) < 4.78 is 5.37. The van der Waals surface area contributed by atoms with Gasteiger partial charge in [-0.2, -0.15) is 0 Å². The largest absolute Gasteiger partial charge is 0.486 e. The normalized spacial score (nSPS) is 10.1. The number of pyridine rings is 1. The van der Waals surface area contributed by atoms with Crippen LogP contribution < -0.4 is 4.74 Å². The van der Waals surface area contributed by atoms with Crippen molar-refractivity contribution in [3.05, 3.63) is 64.0 Å². The second-order valence-corrected chi connectivity index (χ2v) is 4.20. The average molecular weight is 288 g/mol. The summed E-state index contributed by atoms with van der Waals surface area (Å²) in [5.74, 6) is -1.21. The van der Waals surface area contributed by atoms with E-state index in [1.807, 2.05) is 12.1 Å². The summed E-state index contributed by atoms with van der Waals surface area (Å²) in [6.07, 6.45) is 3.82. The van der Waals surface area contributed by atoms with Crippen molar-refractivity contribution in [2.24, 2.45) is 0 Å². The van der Waals surface area contributed by atoms with Crippen molar-refractivity contribution in [3.8, 4) is 5.75 Å². The van der Waals surface area contributed by atoms with Crippen molar-refractivity contribution < 1.29 is 19.6 Å². The number of nitrogens with zero attached hydrogens (tertiary/aromatic N) is 2. The van der Waals surface area contributed by atoms with Gasteiger partial charge in [0.05, 0.1) is 17.1 Å². The highest BCUT2D eigenvalue weighted by Crippen LogP contribution is 2.28. The van der Waals surface area contributed by atoms with Gasteiger partial charge in [0.25, 0.3) is 0 Å². The van der Waals surface area contributed by atoms with Gasteiger partial charge in [0.1, 0.15) is 0 Å². The molecule has 0 bridgehead atoms. The van der Waals surface area contributed by atoms with Gasteiger partial charge in [-0.3, -0.25) is 15.1 Å². The SMILES string of the molecule is O=C(O)c1ccc([N+](=O)[O-])c(OCCc2ccncc2)c1. The summed E-state index contributed by atoms with van der Waals surface area (Å²) in [4.78, 5) is 25.1. The van der Waals surface area contributed by atoms with E-state index in [-0.39, 0.29) is 23.6 Å². The smallest absolute Gasteiger partial charge is 0.335 e. The van der Waals surface area contributed by atoms with Gasteiger partial charge in [-0.05, 0) is 23.8 Å². The van der Waals surface area contributed by atoms with E-state index in [4.69, 9.17) is 9.84 Å². The number of aromatic carboxylic acids is 1. The zero-order chi connectivity index (χ0) is 15.2. The minimum absolute atomic E-state index is 0.0473. The standard InChI is InChI=1S/C14H12N2O5/c17-14(18)11-1-2-12(16(19)20)13(9-11)21-8-5-10-3-6-15-7-4-10/h1-4,6-7,9H,5,8H2,(H,17,18). The van der Waals surface area contributed by atoms with E-state index in [0.717, 1.165) is 17.7 Å². The van der Waals surface area contributed by atoms with E-state index in [9.17, 15) is 14.9 Å². The lowest BCUT2D eigenvalue weighted by atomic mass is 10.2. The lowest BCUT2D eigenvalue weighted by Crippen LogP contribution is -2.05. The summed E-state index contributed by atoms with van der Waals surface area (Å²) in [6, 6.07) is 7.09. The monoisotopic (exact) mass is 288 g/mol. The highest BCUT2D eigenvalue weighted by Gasteiger charge is 2.17. The Morgan fingerprint density at radius 1 is 1.29 bits per heavy atom. The molecule has 1 aromatic heterocycles. The molecule has 0 aliphatic heterocycles. The average Bonchev–Trinajstić information content (AvgIpc) is 2.48. The van der Waals surface area contributed by atoms with Gasteiger partial charge in [0, 0.05) is 30.9 Å². The van der Waals surface area contributed by atoms with Crippen LogP contribution in [0.1, 0.15) is 15.9 Å². The fourth-order valence-electron chi connectivity index (χ4n) is 1.74. The molecule has 2 aromatic rings. The van der Waals surface area contributed by atoms with Gasteiger partial charge in [-0.25, -0.2) is 4.79 Å². The molecule has 0 fully saturated rings. The zero-order valence-corrected chi connectivity index (χ0v) is 10.9. The molecule has 0 saturated carbocycles. The predicted molar refractivity (Wildman–Crippen MR) is 73.5 cm³/mol. The Kier molecular flexibility index (Phi) is 4.45. The minimum Gasteiger partial charge on any atom is -0.486 e. The number of hydrogen-bond acceptors (Lipinski definition) is 5. The highest BCUT2D eigenvalue weighted by atomic mass is 16.6. The third kappa shape index (κ3) is 3.75. The van der Waals surface area contributed by atoms with Crippen molar-refractivity contribution in [1.82, 2.24) is 4.98 Å². The molecule has 0 saturated heterocycles. The van der Waals surface area contributed by atoms with Gasteiger partial charge in [-0.1, -0.05) is 0 Å². The van der Waals surface area contributed by atoms with E-state index >= 15 is 0 Å². The first-order valence-corrected chi connectivity index (χ1v) is 6.11. The fraction of sp³-hybridized carbons (Fsp3) is 0.143. The molecule has 21 heavy (non-hydrogen) atoms. The molecular formula is C14H12N2O5. The first kappa shape index (κ1) is 14.4. The van der Waals surface area contributed by atoms with Crippen LogP contribution in [0.2, 0.25) is 0 Å². The number of carbonyl (C=O) groups is 1. The first-order chi connectivity index (χ1) is 10.1. The third-order valence-corrected chi connectivity index (χ3v) is 2.80. The Balaban J connectivity index is 2.12. The molecule has 0 aliphatic carbocycles. The number of nitro benzene ring substituents is 1. The number of nitro groups is 1. The molecule has 0 radical (unpaired) electrons. The molecule has 1 aromatic carbocycles. The molecule has 1 N–H and O–H groups in total.